The number of ether oxygens (including phenoxy) is 1. The SMILES string of the molecule is O=C(O)C=Cc1ccc(OCc2ccc(Cl)cc2)c(Br)c1. The van der Waals surface area contributed by atoms with Gasteiger partial charge < -0.3 is 9.84 Å². The normalized spacial score (nSPS) is 10.8. The molecule has 0 saturated carbocycles. The Hall–Kier alpha value is -1.78. The number of aliphatic carboxylic acids is 1. The maximum absolute atomic E-state index is 10.5. The largest absolute Gasteiger partial charge is 0.488 e. The molecule has 2 aromatic rings. The van der Waals surface area contributed by atoms with Crippen LogP contribution in [0.15, 0.2) is 53.0 Å². The van der Waals surface area contributed by atoms with Crippen molar-refractivity contribution >= 4 is 39.6 Å². The molecular formula is C16H12BrClO3. The lowest BCUT2D eigenvalue weighted by molar-refractivity contribution is -0.131. The molecule has 108 valence electrons. The fraction of sp³-hybridized carbons (Fsp3) is 0.0625. The predicted octanol–water partition coefficient (Wildman–Crippen LogP) is 4.78. The summed E-state index contributed by atoms with van der Waals surface area (Å²) in [6.07, 6.45) is 2.62. The van der Waals surface area contributed by atoms with Crippen LogP contribution in [0.5, 0.6) is 5.75 Å². The van der Waals surface area contributed by atoms with Gasteiger partial charge in [-0.15, -0.1) is 0 Å². The Balaban J connectivity index is 2.04. The van der Waals surface area contributed by atoms with Crippen LogP contribution in [0.1, 0.15) is 11.1 Å². The van der Waals surface area contributed by atoms with Crippen molar-refractivity contribution in [3.8, 4) is 5.75 Å². The lowest BCUT2D eigenvalue weighted by atomic mass is 10.2. The fourth-order valence-corrected chi connectivity index (χ4v) is 2.28. The Bertz CT molecular complexity index is 666. The maximum Gasteiger partial charge on any atom is 0.328 e. The van der Waals surface area contributed by atoms with Gasteiger partial charge >= 0.3 is 5.97 Å². The number of hydrogen-bond donors (Lipinski definition) is 1. The van der Waals surface area contributed by atoms with E-state index < -0.39 is 5.97 Å². The van der Waals surface area contributed by atoms with Crippen molar-refractivity contribution in [3.63, 3.8) is 0 Å². The Labute approximate surface area is 135 Å². The monoisotopic (exact) mass is 366 g/mol. The van der Waals surface area contributed by atoms with Gasteiger partial charge in [-0.1, -0.05) is 29.8 Å². The van der Waals surface area contributed by atoms with Crippen molar-refractivity contribution in [2.45, 2.75) is 6.61 Å². The molecule has 0 spiro atoms. The van der Waals surface area contributed by atoms with Crippen LogP contribution < -0.4 is 4.74 Å². The van der Waals surface area contributed by atoms with Gasteiger partial charge in [0.05, 0.1) is 4.47 Å². The zero-order chi connectivity index (χ0) is 15.2. The first-order valence-corrected chi connectivity index (χ1v) is 7.29. The summed E-state index contributed by atoms with van der Waals surface area (Å²) in [6, 6.07) is 12.8. The number of hydrogen-bond acceptors (Lipinski definition) is 2. The maximum atomic E-state index is 10.5. The van der Waals surface area contributed by atoms with Gasteiger partial charge in [-0.05, 0) is 57.4 Å². The zero-order valence-electron chi connectivity index (χ0n) is 10.9. The summed E-state index contributed by atoms with van der Waals surface area (Å²) in [6.45, 7) is 0.431. The third kappa shape index (κ3) is 4.92. The van der Waals surface area contributed by atoms with Gasteiger partial charge in [0.25, 0.3) is 0 Å². The summed E-state index contributed by atoms with van der Waals surface area (Å²) in [5, 5.41) is 9.29. The number of rotatable bonds is 5. The predicted molar refractivity (Wildman–Crippen MR) is 86.6 cm³/mol. The fourth-order valence-electron chi connectivity index (χ4n) is 1.65. The van der Waals surface area contributed by atoms with Crippen molar-refractivity contribution < 1.29 is 14.6 Å². The van der Waals surface area contributed by atoms with Crippen LogP contribution in [0.4, 0.5) is 0 Å². The number of carboxylic acid groups (broad SMARTS) is 1. The average molecular weight is 368 g/mol. The van der Waals surface area contributed by atoms with Crippen molar-refractivity contribution in [1.82, 2.24) is 0 Å². The van der Waals surface area contributed by atoms with Crippen LogP contribution in [0.25, 0.3) is 6.08 Å². The highest BCUT2D eigenvalue weighted by molar-refractivity contribution is 9.10. The first kappa shape index (κ1) is 15.6. The standard InChI is InChI=1S/C16H12BrClO3/c17-14-9-11(4-8-16(19)20)3-7-15(14)21-10-12-1-5-13(18)6-2-12/h1-9H,10H2,(H,19,20). The van der Waals surface area contributed by atoms with Gasteiger partial charge in [0.1, 0.15) is 12.4 Å². The van der Waals surface area contributed by atoms with Crippen LogP contribution in [0, 0.1) is 0 Å². The van der Waals surface area contributed by atoms with Gasteiger partial charge in [-0.3, -0.25) is 0 Å². The molecule has 0 aliphatic heterocycles. The third-order valence-electron chi connectivity index (χ3n) is 2.68. The molecule has 0 fully saturated rings. The molecule has 0 unspecified atom stereocenters. The first-order chi connectivity index (χ1) is 10.0. The molecule has 0 radical (unpaired) electrons. The first-order valence-electron chi connectivity index (χ1n) is 6.12. The molecule has 2 aromatic carbocycles. The summed E-state index contributed by atoms with van der Waals surface area (Å²) in [7, 11) is 0. The van der Waals surface area contributed by atoms with E-state index in [4.69, 9.17) is 21.4 Å². The Morgan fingerprint density at radius 1 is 1.24 bits per heavy atom. The van der Waals surface area contributed by atoms with Crippen LogP contribution in [-0.4, -0.2) is 11.1 Å². The lowest BCUT2D eigenvalue weighted by Gasteiger charge is -2.09. The summed E-state index contributed by atoms with van der Waals surface area (Å²) < 4.78 is 6.48. The molecule has 0 heterocycles. The minimum absolute atomic E-state index is 0.431. The van der Waals surface area contributed by atoms with E-state index in [2.05, 4.69) is 15.9 Å². The van der Waals surface area contributed by atoms with Gasteiger partial charge in [0.2, 0.25) is 0 Å². The summed E-state index contributed by atoms with van der Waals surface area (Å²) in [5.41, 5.74) is 1.80. The third-order valence-corrected chi connectivity index (χ3v) is 3.55. The van der Waals surface area contributed by atoms with Crippen LogP contribution in [0.2, 0.25) is 5.02 Å². The van der Waals surface area contributed by atoms with Gasteiger partial charge in [-0.25, -0.2) is 4.79 Å². The number of carboxylic acids is 1. The minimum atomic E-state index is -0.978. The Morgan fingerprint density at radius 3 is 2.57 bits per heavy atom. The summed E-state index contributed by atoms with van der Waals surface area (Å²) >= 11 is 9.24. The Kier molecular flexibility index (Phi) is 5.42. The molecule has 3 nitrogen and oxygen atoms in total. The highest BCUT2D eigenvalue weighted by Crippen LogP contribution is 2.27. The van der Waals surface area contributed by atoms with Crippen molar-refractivity contribution in [2.75, 3.05) is 0 Å². The molecular weight excluding hydrogens is 356 g/mol. The smallest absolute Gasteiger partial charge is 0.328 e. The van der Waals surface area contributed by atoms with E-state index in [9.17, 15) is 4.79 Å². The van der Waals surface area contributed by atoms with E-state index in [1.54, 1.807) is 18.2 Å². The molecule has 2 rings (SSSR count). The molecule has 0 amide bonds. The van der Waals surface area contributed by atoms with E-state index in [-0.39, 0.29) is 0 Å². The van der Waals surface area contributed by atoms with E-state index >= 15 is 0 Å². The van der Waals surface area contributed by atoms with Crippen molar-refractivity contribution in [3.05, 3.63) is 69.2 Å². The zero-order valence-corrected chi connectivity index (χ0v) is 13.3. The molecule has 1 N–H and O–H groups in total. The molecule has 5 heteroatoms. The summed E-state index contributed by atoms with van der Waals surface area (Å²) in [5.74, 6) is -0.286. The molecule has 0 bridgehead atoms. The van der Waals surface area contributed by atoms with Gasteiger partial charge in [0, 0.05) is 11.1 Å². The average Bonchev–Trinajstić information content (AvgIpc) is 2.46. The Morgan fingerprint density at radius 2 is 1.95 bits per heavy atom. The van der Waals surface area contributed by atoms with Gasteiger partial charge in [0.15, 0.2) is 0 Å². The molecule has 0 aromatic heterocycles. The van der Waals surface area contributed by atoms with Crippen molar-refractivity contribution in [2.24, 2.45) is 0 Å². The van der Waals surface area contributed by atoms with Crippen LogP contribution >= 0.6 is 27.5 Å². The quantitative estimate of drug-likeness (QED) is 0.774. The van der Waals surface area contributed by atoms with Crippen LogP contribution in [-0.2, 0) is 11.4 Å². The van der Waals surface area contributed by atoms with Crippen molar-refractivity contribution in [1.29, 1.82) is 0 Å². The topological polar surface area (TPSA) is 46.5 Å². The molecule has 0 aliphatic rings. The van der Waals surface area contributed by atoms with E-state index in [1.807, 2.05) is 24.3 Å². The number of carbonyl (C=O) groups is 1. The second kappa shape index (κ2) is 7.29. The molecule has 0 atom stereocenters. The van der Waals surface area contributed by atoms with E-state index in [1.165, 1.54) is 6.08 Å². The van der Waals surface area contributed by atoms with Gasteiger partial charge in [-0.2, -0.15) is 0 Å². The second-order valence-corrected chi connectivity index (χ2v) is 5.57. The van der Waals surface area contributed by atoms with E-state index in [0.29, 0.717) is 17.4 Å². The second-order valence-electron chi connectivity index (χ2n) is 4.28. The van der Waals surface area contributed by atoms with E-state index in [0.717, 1.165) is 21.7 Å². The van der Waals surface area contributed by atoms with Crippen LogP contribution in [0.3, 0.4) is 0 Å². The molecule has 0 aliphatic carbocycles. The number of benzene rings is 2. The molecule has 21 heavy (non-hydrogen) atoms. The number of halogens is 2. The lowest BCUT2D eigenvalue weighted by Crippen LogP contribution is -1.96. The highest BCUT2D eigenvalue weighted by Gasteiger charge is 2.03. The summed E-state index contributed by atoms with van der Waals surface area (Å²) in [4.78, 5) is 10.5. The highest BCUT2D eigenvalue weighted by atomic mass is 79.9. The minimum Gasteiger partial charge on any atom is -0.488 e. The molecule has 0 saturated heterocycles.